The second-order valence-corrected chi connectivity index (χ2v) is 6.30. The highest BCUT2D eigenvalue weighted by molar-refractivity contribution is 5.99. The van der Waals surface area contributed by atoms with Gasteiger partial charge in [0.1, 0.15) is 0 Å². The van der Waals surface area contributed by atoms with Crippen LogP contribution >= 0.6 is 0 Å². The van der Waals surface area contributed by atoms with Crippen molar-refractivity contribution in [2.45, 2.75) is 45.6 Å². The van der Waals surface area contributed by atoms with Crippen LogP contribution in [0.2, 0.25) is 0 Å². The van der Waals surface area contributed by atoms with Crippen molar-refractivity contribution in [3.63, 3.8) is 0 Å². The lowest BCUT2D eigenvalue weighted by molar-refractivity contribution is 0.0737. The highest BCUT2D eigenvalue weighted by atomic mass is 16.3. The molecule has 0 bridgehead atoms. The number of aliphatic hydroxyl groups excluding tert-OH is 1. The number of aromatic nitrogens is 1. The summed E-state index contributed by atoms with van der Waals surface area (Å²) >= 11 is 0. The van der Waals surface area contributed by atoms with E-state index in [1.54, 1.807) is 0 Å². The van der Waals surface area contributed by atoms with Gasteiger partial charge in [-0.05, 0) is 63.3 Å². The van der Waals surface area contributed by atoms with E-state index in [4.69, 9.17) is 5.11 Å². The maximum Gasteiger partial charge on any atom is 0.254 e. The number of aromatic amines is 1. The van der Waals surface area contributed by atoms with Gasteiger partial charge in [-0.1, -0.05) is 0 Å². The SMILES string of the molecule is Cc1[nH]c2ccc(C(=O)N(CCCCO)C3CC3)cc2c1C. The molecule has 0 aliphatic heterocycles. The number of H-pyrrole nitrogens is 1. The number of nitrogens with one attached hydrogen (secondary N) is 1. The first kappa shape index (κ1) is 15.1. The summed E-state index contributed by atoms with van der Waals surface area (Å²) < 4.78 is 0. The molecule has 1 aromatic heterocycles. The van der Waals surface area contributed by atoms with Gasteiger partial charge in [0.25, 0.3) is 5.91 Å². The number of benzene rings is 1. The Balaban J connectivity index is 1.84. The molecule has 4 nitrogen and oxygen atoms in total. The molecule has 0 radical (unpaired) electrons. The van der Waals surface area contributed by atoms with Crippen molar-refractivity contribution < 1.29 is 9.90 Å². The number of carbonyl (C=O) groups is 1. The normalized spacial score (nSPS) is 14.5. The first-order valence-electron chi connectivity index (χ1n) is 8.12. The summed E-state index contributed by atoms with van der Waals surface area (Å²) in [5, 5.41) is 10.1. The Labute approximate surface area is 131 Å². The first-order chi connectivity index (χ1) is 10.6. The number of nitrogens with zero attached hydrogens (tertiary/aromatic N) is 1. The van der Waals surface area contributed by atoms with Gasteiger partial charge in [0, 0.05) is 41.4 Å². The van der Waals surface area contributed by atoms with Crippen LogP contribution in [0.25, 0.3) is 10.9 Å². The van der Waals surface area contributed by atoms with E-state index in [0.717, 1.165) is 54.4 Å². The highest BCUT2D eigenvalue weighted by Crippen LogP contribution is 2.30. The number of hydrogen-bond donors (Lipinski definition) is 2. The molecule has 3 rings (SSSR count). The van der Waals surface area contributed by atoms with Gasteiger partial charge < -0.3 is 15.0 Å². The van der Waals surface area contributed by atoms with Gasteiger partial charge in [-0.25, -0.2) is 0 Å². The van der Waals surface area contributed by atoms with E-state index in [-0.39, 0.29) is 12.5 Å². The zero-order valence-electron chi connectivity index (χ0n) is 13.4. The first-order valence-corrected chi connectivity index (χ1v) is 8.12. The molecule has 1 aliphatic carbocycles. The summed E-state index contributed by atoms with van der Waals surface area (Å²) in [6.07, 6.45) is 3.83. The molecule has 1 aliphatic rings. The summed E-state index contributed by atoms with van der Waals surface area (Å²) in [5.41, 5.74) is 4.22. The minimum Gasteiger partial charge on any atom is -0.396 e. The minimum absolute atomic E-state index is 0.126. The molecule has 0 atom stereocenters. The Hall–Kier alpha value is -1.81. The van der Waals surface area contributed by atoms with Gasteiger partial charge in [0.05, 0.1) is 0 Å². The Morgan fingerprint density at radius 3 is 2.77 bits per heavy atom. The standard InChI is InChI=1S/C18H24N2O2/c1-12-13(2)19-17-8-5-14(11-16(12)17)18(22)20(15-6-7-15)9-3-4-10-21/h5,8,11,15,19,21H,3-4,6-7,9-10H2,1-2H3. The number of carbonyl (C=O) groups excluding carboxylic acids is 1. The molecule has 1 amide bonds. The summed E-state index contributed by atoms with van der Waals surface area (Å²) in [4.78, 5) is 18.2. The van der Waals surface area contributed by atoms with E-state index in [1.807, 2.05) is 23.1 Å². The van der Waals surface area contributed by atoms with Crippen LogP contribution in [-0.2, 0) is 0 Å². The van der Waals surface area contributed by atoms with Gasteiger partial charge in [-0.3, -0.25) is 4.79 Å². The van der Waals surface area contributed by atoms with Crippen LogP contribution < -0.4 is 0 Å². The average Bonchev–Trinajstić information content (AvgIpc) is 3.31. The fourth-order valence-electron chi connectivity index (χ4n) is 2.99. The molecule has 22 heavy (non-hydrogen) atoms. The largest absolute Gasteiger partial charge is 0.396 e. The van der Waals surface area contributed by atoms with Crippen LogP contribution in [-0.4, -0.2) is 40.1 Å². The second kappa shape index (κ2) is 6.13. The number of hydrogen-bond acceptors (Lipinski definition) is 2. The van der Waals surface area contributed by atoms with Crippen LogP contribution in [0.1, 0.15) is 47.3 Å². The quantitative estimate of drug-likeness (QED) is 0.805. The molecule has 0 spiro atoms. The van der Waals surface area contributed by atoms with E-state index in [1.165, 1.54) is 5.56 Å². The lowest BCUT2D eigenvalue weighted by Crippen LogP contribution is -2.34. The molecule has 4 heteroatoms. The number of rotatable bonds is 6. The van der Waals surface area contributed by atoms with Crippen LogP contribution in [0.3, 0.4) is 0 Å². The fraction of sp³-hybridized carbons (Fsp3) is 0.500. The van der Waals surface area contributed by atoms with E-state index < -0.39 is 0 Å². The molecular formula is C18H24N2O2. The van der Waals surface area contributed by atoms with Gasteiger partial charge in [-0.2, -0.15) is 0 Å². The minimum atomic E-state index is 0.126. The number of unbranched alkanes of at least 4 members (excludes halogenated alkanes) is 1. The summed E-state index contributed by atoms with van der Waals surface area (Å²) in [6, 6.07) is 6.33. The maximum atomic E-state index is 12.8. The number of aliphatic hydroxyl groups is 1. The molecule has 1 aromatic carbocycles. The van der Waals surface area contributed by atoms with E-state index in [9.17, 15) is 4.79 Å². The summed E-state index contributed by atoms with van der Waals surface area (Å²) in [7, 11) is 0. The lowest BCUT2D eigenvalue weighted by Gasteiger charge is -2.22. The smallest absolute Gasteiger partial charge is 0.254 e. The van der Waals surface area contributed by atoms with Crippen LogP contribution in [0.5, 0.6) is 0 Å². The molecular weight excluding hydrogens is 276 g/mol. The molecule has 118 valence electrons. The topological polar surface area (TPSA) is 56.3 Å². The van der Waals surface area contributed by atoms with Crippen molar-refractivity contribution in [3.8, 4) is 0 Å². The van der Waals surface area contributed by atoms with Crippen LogP contribution in [0.4, 0.5) is 0 Å². The van der Waals surface area contributed by atoms with Gasteiger partial charge in [-0.15, -0.1) is 0 Å². The lowest BCUT2D eigenvalue weighted by atomic mass is 10.1. The predicted octanol–water partition coefficient (Wildman–Crippen LogP) is 3.16. The van der Waals surface area contributed by atoms with Gasteiger partial charge in [0.15, 0.2) is 0 Å². The monoisotopic (exact) mass is 300 g/mol. The molecule has 1 fully saturated rings. The Bertz CT molecular complexity index is 686. The Morgan fingerprint density at radius 1 is 1.32 bits per heavy atom. The van der Waals surface area contributed by atoms with Gasteiger partial charge in [0.2, 0.25) is 0 Å². The van der Waals surface area contributed by atoms with Crippen molar-refractivity contribution in [2.24, 2.45) is 0 Å². The Morgan fingerprint density at radius 2 is 2.09 bits per heavy atom. The van der Waals surface area contributed by atoms with Crippen LogP contribution in [0.15, 0.2) is 18.2 Å². The van der Waals surface area contributed by atoms with Crippen molar-refractivity contribution in [3.05, 3.63) is 35.0 Å². The molecule has 1 saturated carbocycles. The van der Waals surface area contributed by atoms with Crippen molar-refractivity contribution in [1.29, 1.82) is 0 Å². The average molecular weight is 300 g/mol. The molecule has 0 unspecified atom stereocenters. The van der Waals surface area contributed by atoms with Crippen molar-refractivity contribution in [2.75, 3.05) is 13.2 Å². The van der Waals surface area contributed by atoms with E-state index in [2.05, 4.69) is 18.8 Å². The fourth-order valence-corrected chi connectivity index (χ4v) is 2.99. The molecule has 0 saturated heterocycles. The zero-order chi connectivity index (χ0) is 15.7. The molecule has 2 aromatic rings. The highest BCUT2D eigenvalue weighted by Gasteiger charge is 2.32. The second-order valence-electron chi connectivity index (χ2n) is 6.30. The number of fused-ring (bicyclic) bond motifs is 1. The third-order valence-corrected chi connectivity index (χ3v) is 4.61. The van der Waals surface area contributed by atoms with Crippen molar-refractivity contribution >= 4 is 16.8 Å². The molecule has 1 heterocycles. The van der Waals surface area contributed by atoms with E-state index >= 15 is 0 Å². The maximum absolute atomic E-state index is 12.8. The van der Waals surface area contributed by atoms with Gasteiger partial charge >= 0.3 is 0 Å². The predicted molar refractivity (Wildman–Crippen MR) is 88.2 cm³/mol. The molecule has 2 N–H and O–H groups in total. The van der Waals surface area contributed by atoms with Crippen LogP contribution in [0, 0.1) is 13.8 Å². The number of aryl methyl sites for hydroxylation is 2. The third kappa shape index (κ3) is 2.88. The van der Waals surface area contributed by atoms with E-state index in [0.29, 0.717) is 6.04 Å². The summed E-state index contributed by atoms with van der Waals surface area (Å²) in [6.45, 7) is 5.08. The van der Waals surface area contributed by atoms with Crippen molar-refractivity contribution in [1.82, 2.24) is 9.88 Å². The Kier molecular flexibility index (Phi) is 4.21. The third-order valence-electron chi connectivity index (χ3n) is 4.61. The summed E-state index contributed by atoms with van der Waals surface area (Å²) in [5.74, 6) is 0.126. The zero-order valence-corrected chi connectivity index (χ0v) is 13.4. The number of amides is 1.